The van der Waals surface area contributed by atoms with E-state index in [1.165, 1.54) is 0 Å². The molecule has 0 aliphatic rings. The van der Waals surface area contributed by atoms with Crippen LogP contribution in [0.15, 0.2) is 48.5 Å². The summed E-state index contributed by atoms with van der Waals surface area (Å²) in [6.07, 6.45) is 0. The summed E-state index contributed by atoms with van der Waals surface area (Å²) in [5, 5.41) is 18.8. The number of nitriles is 1. The van der Waals surface area contributed by atoms with Crippen LogP contribution in [0.5, 0.6) is 0 Å². The second-order valence-corrected chi connectivity index (χ2v) is 4.17. The zero-order chi connectivity index (χ0) is 13.2. The van der Waals surface area contributed by atoms with Gasteiger partial charge in [0.05, 0.1) is 11.6 Å². The summed E-state index contributed by atoms with van der Waals surface area (Å²) in [6.45, 7) is 0. The summed E-state index contributed by atoms with van der Waals surface area (Å²) in [6, 6.07) is 17.1. The molecule has 4 heteroatoms. The first kappa shape index (κ1) is 11.2. The lowest BCUT2D eigenvalue weighted by Crippen LogP contribution is -1.97. The van der Waals surface area contributed by atoms with Gasteiger partial charge in [0, 0.05) is 16.3 Å². The van der Waals surface area contributed by atoms with E-state index < -0.39 is 0 Å². The van der Waals surface area contributed by atoms with E-state index in [-0.39, 0.29) is 0 Å². The third kappa shape index (κ3) is 1.87. The Balaban J connectivity index is 2.25. The fourth-order valence-electron chi connectivity index (χ4n) is 2.04. The van der Waals surface area contributed by atoms with E-state index in [2.05, 4.69) is 16.3 Å². The molecule has 19 heavy (non-hydrogen) atoms. The van der Waals surface area contributed by atoms with Crippen molar-refractivity contribution < 1.29 is 0 Å². The molecule has 0 saturated heterocycles. The predicted molar refractivity (Wildman–Crippen MR) is 74.1 cm³/mol. The molecule has 0 spiro atoms. The van der Waals surface area contributed by atoms with Crippen molar-refractivity contribution in [3.05, 3.63) is 54.1 Å². The monoisotopic (exact) mass is 246 g/mol. The van der Waals surface area contributed by atoms with Crippen LogP contribution in [0.1, 0.15) is 5.56 Å². The van der Waals surface area contributed by atoms with Gasteiger partial charge < -0.3 is 5.73 Å². The maximum Gasteiger partial charge on any atom is 0.154 e. The Hall–Kier alpha value is -2.93. The van der Waals surface area contributed by atoms with Crippen LogP contribution in [0.3, 0.4) is 0 Å². The minimum Gasteiger partial charge on any atom is -0.382 e. The van der Waals surface area contributed by atoms with Gasteiger partial charge in [-0.05, 0) is 12.1 Å². The minimum absolute atomic E-state index is 0.424. The van der Waals surface area contributed by atoms with Crippen molar-refractivity contribution in [1.29, 1.82) is 5.26 Å². The highest BCUT2D eigenvalue weighted by molar-refractivity contribution is 5.99. The van der Waals surface area contributed by atoms with Gasteiger partial charge >= 0.3 is 0 Å². The third-order valence-corrected chi connectivity index (χ3v) is 3.00. The van der Waals surface area contributed by atoms with Crippen molar-refractivity contribution in [1.82, 2.24) is 10.2 Å². The van der Waals surface area contributed by atoms with Gasteiger partial charge in [-0.25, -0.2) is 0 Å². The average molecular weight is 246 g/mol. The lowest BCUT2D eigenvalue weighted by Gasteiger charge is -2.06. The Bertz CT molecular complexity index is 785. The van der Waals surface area contributed by atoms with E-state index in [9.17, 15) is 0 Å². The third-order valence-electron chi connectivity index (χ3n) is 3.00. The standard InChI is InChI=1S/C15H10N4/c16-9-10-5-7-11(8-6-10)14-12-3-1-2-4-13(12)15(17)19-18-14/h1-8H,(H2,17,19). The summed E-state index contributed by atoms with van der Waals surface area (Å²) >= 11 is 0. The van der Waals surface area contributed by atoms with E-state index in [1.807, 2.05) is 36.4 Å². The number of aromatic nitrogens is 2. The van der Waals surface area contributed by atoms with Crippen LogP contribution in [0.25, 0.3) is 22.0 Å². The van der Waals surface area contributed by atoms with Gasteiger partial charge in [-0.15, -0.1) is 10.2 Å². The number of hydrogen-bond acceptors (Lipinski definition) is 4. The van der Waals surface area contributed by atoms with Crippen LogP contribution < -0.4 is 5.73 Å². The number of benzene rings is 2. The molecule has 0 aliphatic heterocycles. The van der Waals surface area contributed by atoms with Crippen LogP contribution in [-0.4, -0.2) is 10.2 Å². The predicted octanol–water partition coefficient (Wildman–Crippen LogP) is 2.75. The Morgan fingerprint density at radius 3 is 2.26 bits per heavy atom. The zero-order valence-electron chi connectivity index (χ0n) is 10.0. The fourth-order valence-corrected chi connectivity index (χ4v) is 2.04. The van der Waals surface area contributed by atoms with Gasteiger partial charge in [0.25, 0.3) is 0 Å². The van der Waals surface area contributed by atoms with Crippen molar-refractivity contribution in [2.45, 2.75) is 0 Å². The molecule has 0 fully saturated rings. The summed E-state index contributed by atoms with van der Waals surface area (Å²) in [5.41, 5.74) is 8.15. The molecule has 3 rings (SSSR count). The Morgan fingerprint density at radius 1 is 0.895 bits per heavy atom. The zero-order valence-corrected chi connectivity index (χ0v) is 10.0. The molecular formula is C15H10N4. The van der Waals surface area contributed by atoms with Crippen molar-refractivity contribution in [2.75, 3.05) is 5.73 Å². The number of fused-ring (bicyclic) bond motifs is 1. The highest BCUT2D eigenvalue weighted by atomic mass is 15.1. The molecule has 0 aliphatic carbocycles. The second kappa shape index (κ2) is 4.39. The van der Waals surface area contributed by atoms with Crippen molar-refractivity contribution >= 4 is 16.6 Å². The van der Waals surface area contributed by atoms with Gasteiger partial charge in [0.2, 0.25) is 0 Å². The average Bonchev–Trinajstić information content (AvgIpc) is 2.48. The van der Waals surface area contributed by atoms with Crippen LogP contribution in [0, 0.1) is 11.3 Å². The molecule has 0 amide bonds. The number of rotatable bonds is 1. The molecule has 1 aromatic heterocycles. The molecule has 4 nitrogen and oxygen atoms in total. The first-order valence-corrected chi connectivity index (χ1v) is 5.81. The van der Waals surface area contributed by atoms with E-state index in [4.69, 9.17) is 11.0 Å². The Labute approximate surface area is 110 Å². The SMILES string of the molecule is N#Cc1ccc(-c2nnc(N)c3ccccc23)cc1. The van der Waals surface area contributed by atoms with E-state index >= 15 is 0 Å². The van der Waals surface area contributed by atoms with Crippen molar-refractivity contribution in [3.8, 4) is 17.3 Å². The van der Waals surface area contributed by atoms with Gasteiger partial charge in [0.15, 0.2) is 5.82 Å². The Morgan fingerprint density at radius 2 is 1.58 bits per heavy atom. The smallest absolute Gasteiger partial charge is 0.154 e. The largest absolute Gasteiger partial charge is 0.382 e. The molecule has 90 valence electrons. The van der Waals surface area contributed by atoms with Crippen LogP contribution in [-0.2, 0) is 0 Å². The van der Waals surface area contributed by atoms with Gasteiger partial charge in [-0.2, -0.15) is 5.26 Å². The molecule has 3 aromatic rings. The minimum atomic E-state index is 0.424. The quantitative estimate of drug-likeness (QED) is 0.716. The fraction of sp³-hybridized carbons (Fsp3) is 0. The molecule has 0 radical (unpaired) electrons. The maximum absolute atomic E-state index is 8.81. The summed E-state index contributed by atoms with van der Waals surface area (Å²) < 4.78 is 0. The number of nitrogens with zero attached hydrogens (tertiary/aromatic N) is 3. The highest BCUT2D eigenvalue weighted by Crippen LogP contribution is 2.28. The summed E-state index contributed by atoms with van der Waals surface area (Å²) in [4.78, 5) is 0. The molecule has 0 saturated carbocycles. The van der Waals surface area contributed by atoms with Gasteiger partial charge in [-0.3, -0.25) is 0 Å². The molecule has 2 aromatic carbocycles. The van der Waals surface area contributed by atoms with Gasteiger partial charge in [0.1, 0.15) is 5.69 Å². The molecule has 1 heterocycles. The van der Waals surface area contributed by atoms with E-state index in [1.54, 1.807) is 12.1 Å². The van der Waals surface area contributed by atoms with Crippen molar-refractivity contribution in [2.24, 2.45) is 0 Å². The maximum atomic E-state index is 8.81. The molecule has 0 bridgehead atoms. The molecular weight excluding hydrogens is 236 g/mol. The normalized spacial score (nSPS) is 10.3. The first-order chi connectivity index (χ1) is 9.29. The first-order valence-electron chi connectivity index (χ1n) is 5.81. The van der Waals surface area contributed by atoms with E-state index in [0.717, 1.165) is 22.0 Å². The van der Waals surface area contributed by atoms with Crippen LogP contribution in [0.4, 0.5) is 5.82 Å². The van der Waals surface area contributed by atoms with E-state index in [0.29, 0.717) is 11.4 Å². The molecule has 0 unspecified atom stereocenters. The van der Waals surface area contributed by atoms with Gasteiger partial charge in [-0.1, -0.05) is 36.4 Å². The lowest BCUT2D eigenvalue weighted by molar-refractivity contribution is 1.07. The highest BCUT2D eigenvalue weighted by Gasteiger charge is 2.08. The van der Waals surface area contributed by atoms with Crippen LogP contribution in [0.2, 0.25) is 0 Å². The number of nitrogens with two attached hydrogens (primary N) is 1. The molecule has 2 N–H and O–H groups in total. The Kier molecular flexibility index (Phi) is 2.58. The number of nitrogen functional groups attached to an aromatic ring is 1. The topological polar surface area (TPSA) is 75.6 Å². The second-order valence-electron chi connectivity index (χ2n) is 4.17. The summed E-state index contributed by atoms with van der Waals surface area (Å²) in [5.74, 6) is 0.424. The summed E-state index contributed by atoms with van der Waals surface area (Å²) in [7, 11) is 0. The number of anilines is 1. The number of hydrogen-bond donors (Lipinski definition) is 1. The van der Waals surface area contributed by atoms with Crippen molar-refractivity contribution in [3.63, 3.8) is 0 Å². The lowest BCUT2D eigenvalue weighted by atomic mass is 10.0. The van der Waals surface area contributed by atoms with Crippen LogP contribution >= 0.6 is 0 Å². The molecule has 0 atom stereocenters.